The van der Waals surface area contributed by atoms with E-state index in [1.165, 1.54) is 25.7 Å². The Labute approximate surface area is 91.8 Å². The number of carbonyl (C=O) groups excluding carboxylic acids is 1. The lowest BCUT2D eigenvalue weighted by atomic mass is 9.69. The van der Waals surface area contributed by atoms with Crippen LogP contribution in [0.3, 0.4) is 0 Å². The molecule has 1 amide bonds. The van der Waals surface area contributed by atoms with Gasteiger partial charge in [0.25, 0.3) is 0 Å². The third kappa shape index (κ3) is 1.48. The van der Waals surface area contributed by atoms with Crippen LogP contribution in [0.5, 0.6) is 0 Å². The van der Waals surface area contributed by atoms with Crippen molar-refractivity contribution in [3.8, 4) is 0 Å². The molecule has 2 saturated carbocycles. The van der Waals surface area contributed by atoms with E-state index in [0.29, 0.717) is 10.8 Å². The van der Waals surface area contributed by atoms with E-state index in [0.717, 1.165) is 12.5 Å². The third-order valence-electron chi connectivity index (χ3n) is 5.14. The SMILES string of the molecule is CC1(C)C2CCC1(CNC(=O)CN)CC2. The van der Waals surface area contributed by atoms with Gasteiger partial charge in [-0.25, -0.2) is 0 Å². The summed E-state index contributed by atoms with van der Waals surface area (Å²) in [6, 6.07) is 0. The molecule has 0 unspecified atom stereocenters. The number of nitrogens with one attached hydrogen (secondary N) is 1. The standard InChI is InChI=1S/C12H22N2O/c1-11(2)9-3-5-12(11,6-4-9)8-14-10(15)7-13/h9H,3-8,13H2,1-2H3,(H,14,15). The number of fused-ring (bicyclic) bond motifs is 2. The highest BCUT2D eigenvalue weighted by molar-refractivity contribution is 5.77. The van der Waals surface area contributed by atoms with Gasteiger partial charge in [-0.05, 0) is 42.4 Å². The van der Waals surface area contributed by atoms with Gasteiger partial charge in [-0.1, -0.05) is 13.8 Å². The van der Waals surface area contributed by atoms with Crippen LogP contribution in [0.1, 0.15) is 39.5 Å². The molecule has 0 aliphatic heterocycles. The van der Waals surface area contributed by atoms with E-state index in [2.05, 4.69) is 19.2 Å². The Bertz CT molecular complexity index is 265. The van der Waals surface area contributed by atoms with Gasteiger partial charge in [-0.2, -0.15) is 0 Å². The maximum Gasteiger partial charge on any atom is 0.233 e. The van der Waals surface area contributed by atoms with Crippen molar-refractivity contribution in [2.45, 2.75) is 39.5 Å². The topological polar surface area (TPSA) is 55.1 Å². The fraction of sp³-hybridized carbons (Fsp3) is 0.917. The van der Waals surface area contributed by atoms with Gasteiger partial charge in [0.1, 0.15) is 0 Å². The zero-order valence-corrected chi connectivity index (χ0v) is 9.81. The van der Waals surface area contributed by atoms with Crippen LogP contribution < -0.4 is 11.1 Å². The first-order chi connectivity index (χ1) is 7.02. The summed E-state index contributed by atoms with van der Waals surface area (Å²) in [5.41, 5.74) is 6.05. The molecule has 0 aromatic rings. The highest BCUT2D eigenvalue weighted by Gasteiger charge is 2.58. The largest absolute Gasteiger partial charge is 0.354 e. The minimum absolute atomic E-state index is 0.0180. The number of hydrogen-bond donors (Lipinski definition) is 2. The van der Waals surface area contributed by atoms with Crippen molar-refractivity contribution in [3.05, 3.63) is 0 Å². The maximum atomic E-state index is 11.2. The summed E-state index contributed by atoms with van der Waals surface area (Å²) in [5.74, 6) is 0.850. The summed E-state index contributed by atoms with van der Waals surface area (Å²) < 4.78 is 0. The number of rotatable bonds is 3. The smallest absolute Gasteiger partial charge is 0.233 e. The van der Waals surface area contributed by atoms with Crippen molar-refractivity contribution >= 4 is 5.91 Å². The molecule has 3 nitrogen and oxygen atoms in total. The first-order valence-corrected chi connectivity index (χ1v) is 5.99. The Morgan fingerprint density at radius 3 is 2.40 bits per heavy atom. The van der Waals surface area contributed by atoms with Crippen molar-refractivity contribution in [1.29, 1.82) is 0 Å². The molecule has 0 radical (unpaired) electrons. The average molecular weight is 210 g/mol. The molecular weight excluding hydrogens is 188 g/mol. The van der Waals surface area contributed by atoms with Crippen LogP contribution in [-0.2, 0) is 4.79 Å². The molecule has 2 rings (SSSR count). The zero-order chi connectivity index (χ0) is 11.1. The minimum Gasteiger partial charge on any atom is -0.354 e. The quantitative estimate of drug-likeness (QED) is 0.737. The predicted molar refractivity (Wildman–Crippen MR) is 60.2 cm³/mol. The van der Waals surface area contributed by atoms with Crippen molar-refractivity contribution in [3.63, 3.8) is 0 Å². The lowest BCUT2D eigenvalue weighted by Gasteiger charge is -2.38. The van der Waals surface area contributed by atoms with Gasteiger partial charge in [0, 0.05) is 6.54 Å². The van der Waals surface area contributed by atoms with E-state index in [1.54, 1.807) is 0 Å². The van der Waals surface area contributed by atoms with E-state index in [1.807, 2.05) is 0 Å². The molecule has 3 N–H and O–H groups in total. The second kappa shape index (κ2) is 3.48. The molecule has 86 valence electrons. The zero-order valence-electron chi connectivity index (χ0n) is 9.81. The summed E-state index contributed by atoms with van der Waals surface area (Å²) in [5, 5.41) is 2.98. The van der Waals surface area contributed by atoms with Crippen LogP contribution in [0.25, 0.3) is 0 Å². The van der Waals surface area contributed by atoms with E-state index in [4.69, 9.17) is 5.73 Å². The summed E-state index contributed by atoms with van der Waals surface area (Å²) in [7, 11) is 0. The van der Waals surface area contributed by atoms with Gasteiger partial charge < -0.3 is 11.1 Å². The van der Waals surface area contributed by atoms with Crippen LogP contribution in [0.4, 0.5) is 0 Å². The highest BCUT2D eigenvalue weighted by atomic mass is 16.1. The van der Waals surface area contributed by atoms with Gasteiger partial charge in [-0.3, -0.25) is 4.79 Å². The van der Waals surface area contributed by atoms with Crippen LogP contribution in [-0.4, -0.2) is 19.0 Å². The molecule has 15 heavy (non-hydrogen) atoms. The lowest BCUT2D eigenvalue weighted by molar-refractivity contribution is -0.120. The summed E-state index contributed by atoms with van der Waals surface area (Å²) in [6.45, 7) is 5.67. The Hall–Kier alpha value is -0.570. The van der Waals surface area contributed by atoms with E-state index in [9.17, 15) is 4.79 Å². The molecule has 0 spiro atoms. The van der Waals surface area contributed by atoms with Crippen LogP contribution >= 0.6 is 0 Å². The van der Waals surface area contributed by atoms with Crippen molar-refractivity contribution < 1.29 is 4.79 Å². The Kier molecular flexibility index (Phi) is 2.53. The first kappa shape index (κ1) is 10.9. The molecule has 0 heterocycles. The first-order valence-electron chi connectivity index (χ1n) is 5.99. The van der Waals surface area contributed by atoms with Crippen molar-refractivity contribution in [2.24, 2.45) is 22.5 Å². The summed E-state index contributed by atoms with van der Waals surface area (Å²) >= 11 is 0. The molecule has 0 aromatic carbocycles. The van der Waals surface area contributed by atoms with Gasteiger partial charge in [0.2, 0.25) is 5.91 Å². The molecule has 0 aromatic heterocycles. The van der Waals surface area contributed by atoms with Crippen molar-refractivity contribution in [1.82, 2.24) is 5.32 Å². The summed E-state index contributed by atoms with van der Waals surface area (Å²) in [4.78, 5) is 11.2. The predicted octanol–water partition coefficient (Wildman–Crippen LogP) is 1.28. The van der Waals surface area contributed by atoms with Gasteiger partial charge in [0.05, 0.1) is 6.54 Å². The maximum absolute atomic E-state index is 11.2. The molecule has 3 heteroatoms. The third-order valence-corrected chi connectivity index (χ3v) is 5.14. The van der Waals surface area contributed by atoms with Crippen molar-refractivity contribution in [2.75, 3.05) is 13.1 Å². The van der Waals surface area contributed by atoms with E-state index < -0.39 is 0 Å². The summed E-state index contributed by atoms with van der Waals surface area (Å²) in [6.07, 6.45) is 5.22. The number of hydrogen-bond acceptors (Lipinski definition) is 2. The molecule has 2 fully saturated rings. The number of nitrogens with two attached hydrogens (primary N) is 1. The van der Waals surface area contributed by atoms with Crippen LogP contribution in [0, 0.1) is 16.7 Å². The molecule has 2 bridgehead atoms. The van der Waals surface area contributed by atoms with E-state index >= 15 is 0 Å². The second-order valence-corrected chi connectivity index (χ2v) is 5.76. The number of carbonyl (C=O) groups is 1. The normalized spacial score (nSPS) is 36.9. The minimum atomic E-state index is -0.0180. The average Bonchev–Trinajstić information content (AvgIpc) is 2.62. The van der Waals surface area contributed by atoms with Gasteiger partial charge >= 0.3 is 0 Å². The molecule has 0 saturated heterocycles. The molecule has 2 aliphatic carbocycles. The number of amides is 1. The Morgan fingerprint density at radius 1 is 1.40 bits per heavy atom. The fourth-order valence-electron chi connectivity index (χ4n) is 3.71. The molecule has 0 atom stereocenters. The molecule has 2 aliphatic rings. The lowest BCUT2D eigenvalue weighted by Crippen LogP contribution is -2.43. The highest BCUT2D eigenvalue weighted by Crippen LogP contribution is 2.65. The fourth-order valence-corrected chi connectivity index (χ4v) is 3.71. The van der Waals surface area contributed by atoms with Crippen LogP contribution in [0.15, 0.2) is 0 Å². The van der Waals surface area contributed by atoms with Crippen LogP contribution in [0.2, 0.25) is 0 Å². The van der Waals surface area contributed by atoms with E-state index in [-0.39, 0.29) is 12.5 Å². The van der Waals surface area contributed by atoms with Gasteiger partial charge in [0.15, 0.2) is 0 Å². The Morgan fingerprint density at radius 2 is 2.00 bits per heavy atom. The van der Waals surface area contributed by atoms with Gasteiger partial charge in [-0.15, -0.1) is 0 Å². The monoisotopic (exact) mass is 210 g/mol. The Balaban J connectivity index is 2.04. The second-order valence-electron chi connectivity index (χ2n) is 5.76. The molecular formula is C12H22N2O.